The van der Waals surface area contributed by atoms with Gasteiger partial charge in [-0.3, -0.25) is 47.9 Å². The number of hydrogen-bond donors (Lipinski definition) is 12. The number of nitrogens with zero attached hydrogens (tertiary/aromatic N) is 2. The van der Waals surface area contributed by atoms with Crippen LogP contribution in [0.2, 0.25) is 0 Å². The van der Waals surface area contributed by atoms with Gasteiger partial charge in [0, 0.05) is 68.5 Å². The lowest BCUT2D eigenvalue weighted by Crippen LogP contribution is -2.31. The number of rotatable bonds is 22. The van der Waals surface area contributed by atoms with Gasteiger partial charge in [0.05, 0.1) is 22.8 Å². The number of allylic oxidation sites excluding steroid dienone is 4. The van der Waals surface area contributed by atoms with Crippen LogP contribution in [0.4, 0.5) is 11.4 Å². The molecule has 7 rings (SSSR count). The largest absolute Gasteiger partial charge is 0.480 e. The Labute approximate surface area is 467 Å². The lowest BCUT2D eigenvalue weighted by Gasteiger charge is -2.12. The second kappa shape index (κ2) is 25.7. The van der Waals surface area contributed by atoms with Gasteiger partial charge in [0.1, 0.15) is 26.2 Å². The van der Waals surface area contributed by atoms with Gasteiger partial charge in [-0.25, -0.2) is 9.97 Å². The molecule has 426 valence electrons. The van der Waals surface area contributed by atoms with E-state index in [2.05, 4.69) is 68.7 Å². The number of aromatic nitrogens is 4. The Kier molecular flexibility index (Phi) is 18.6. The first-order valence-corrected chi connectivity index (χ1v) is 26.0. The first-order chi connectivity index (χ1) is 38.9. The summed E-state index contributed by atoms with van der Waals surface area (Å²) in [6.45, 7) is 9.01. The topological polar surface area (TPSA) is 381 Å². The van der Waals surface area contributed by atoms with E-state index >= 15 is 0 Å². The van der Waals surface area contributed by atoms with Crippen molar-refractivity contribution in [3.63, 3.8) is 0 Å². The summed E-state index contributed by atoms with van der Waals surface area (Å²) in [5.41, 5.74) is 11.8. The van der Waals surface area contributed by atoms with E-state index < -0.39 is 85.5 Å². The summed E-state index contributed by atoms with van der Waals surface area (Å²) in [5, 5.41) is 50.8. The number of anilines is 2. The zero-order valence-corrected chi connectivity index (χ0v) is 45.6. The molecule has 24 nitrogen and oxygen atoms in total. The molecule has 0 saturated heterocycles. The molecular weight excluding hydrogens is 1060 g/mol. The number of amides is 6. The van der Waals surface area contributed by atoms with E-state index in [9.17, 15) is 47.9 Å². The molecule has 0 radical (unpaired) electrons. The highest BCUT2D eigenvalue weighted by atomic mass is 16.4. The molecule has 3 aromatic heterocycles. The van der Waals surface area contributed by atoms with Crippen LogP contribution in [0.5, 0.6) is 0 Å². The second-order valence-corrected chi connectivity index (χ2v) is 19.4. The molecule has 0 atom stereocenters. The highest BCUT2D eigenvalue weighted by Crippen LogP contribution is 2.38. The van der Waals surface area contributed by atoms with Crippen LogP contribution in [0.25, 0.3) is 44.4 Å². The maximum atomic E-state index is 14.0. The lowest BCUT2D eigenvalue weighted by atomic mass is 9.98. The number of fused-ring (bicyclic) bond motifs is 8. The van der Waals surface area contributed by atoms with E-state index in [1.807, 2.05) is 32.9 Å². The number of hydrogen-bond acceptors (Lipinski definition) is 12. The van der Waals surface area contributed by atoms with Crippen LogP contribution < -0.4 is 31.9 Å². The Morgan fingerprint density at radius 3 is 1.06 bits per heavy atom. The van der Waals surface area contributed by atoms with Crippen LogP contribution >= 0.6 is 0 Å². The Morgan fingerprint density at radius 1 is 0.415 bits per heavy atom. The monoisotopic (exact) mass is 1120 g/mol. The third-order valence-corrected chi connectivity index (χ3v) is 13.8. The van der Waals surface area contributed by atoms with Crippen molar-refractivity contribution in [3.8, 4) is 0 Å². The van der Waals surface area contributed by atoms with Gasteiger partial charge < -0.3 is 62.3 Å². The number of aryl methyl sites for hydroxylation is 4. The summed E-state index contributed by atoms with van der Waals surface area (Å²) in [6.07, 6.45) is 1.29. The average Bonchev–Trinajstić information content (AvgIpc) is 4.31. The fourth-order valence-electron chi connectivity index (χ4n) is 9.64. The fraction of sp³-hybridized carbons (Fsp3) is 0.276. The van der Waals surface area contributed by atoms with Gasteiger partial charge >= 0.3 is 23.9 Å². The minimum atomic E-state index is -1.33. The quantitative estimate of drug-likeness (QED) is 0.0377. The number of aliphatic carboxylic acids is 4. The van der Waals surface area contributed by atoms with Crippen LogP contribution in [0.15, 0.2) is 60.7 Å². The molecule has 0 unspecified atom stereocenters. The zero-order valence-electron chi connectivity index (χ0n) is 45.6. The minimum absolute atomic E-state index is 0.00862. The van der Waals surface area contributed by atoms with Gasteiger partial charge in [-0.1, -0.05) is 13.8 Å². The lowest BCUT2D eigenvalue weighted by molar-refractivity contribution is -0.136. The van der Waals surface area contributed by atoms with Crippen molar-refractivity contribution in [2.24, 2.45) is 0 Å². The number of H-pyrrole nitrogens is 2. The van der Waals surface area contributed by atoms with Crippen molar-refractivity contribution in [3.05, 3.63) is 128 Å². The van der Waals surface area contributed by atoms with E-state index in [-0.39, 0.29) is 59.3 Å². The van der Waals surface area contributed by atoms with Gasteiger partial charge in [0.2, 0.25) is 11.8 Å². The summed E-state index contributed by atoms with van der Waals surface area (Å²) in [5.74, 6) is -9.92. The molecule has 0 saturated carbocycles. The van der Waals surface area contributed by atoms with Crippen LogP contribution in [-0.4, -0.2) is 126 Å². The molecule has 0 aliphatic carbocycles. The number of carbonyl (C=O) groups excluding carboxylic acids is 6. The van der Waals surface area contributed by atoms with Crippen molar-refractivity contribution < 1.29 is 68.4 Å². The molecular formula is C58H60N10O14. The van der Waals surface area contributed by atoms with Gasteiger partial charge in [0.15, 0.2) is 0 Å². The first kappa shape index (κ1) is 59.4. The number of carboxylic acids is 4. The van der Waals surface area contributed by atoms with Crippen molar-refractivity contribution in [2.75, 3.05) is 36.8 Å². The van der Waals surface area contributed by atoms with Crippen molar-refractivity contribution in [1.82, 2.24) is 41.2 Å². The van der Waals surface area contributed by atoms with Crippen LogP contribution in [0.1, 0.15) is 140 Å². The third kappa shape index (κ3) is 14.3. The van der Waals surface area contributed by atoms with Gasteiger partial charge in [-0.2, -0.15) is 0 Å². The molecule has 0 fully saturated rings. The Hall–Kier alpha value is -10.3. The molecule has 82 heavy (non-hydrogen) atoms. The molecule has 12 N–H and O–H groups in total. The number of benzene rings is 2. The second-order valence-electron chi connectivity index (χ2n) is 19.4. The zero-order chi connectivity index (χ0) is 59.7. The van der Waals surface area contributed by atoms with E-state index in [4.69, 9.17) is 30.4 Å². The maximum Gasteiger partial charge on any atom is 0.322 e. The first-order valence-electron chi connectivity index (χ1n) is 26.0. The third-order valence-electron chi connectivity index (χ3n) is 13.8. The van der Waals surface area contributed by atoms with Crippen LogP contribution in [0.3, 0.4) is 0 Å². The number of carbonyl (C=O) groups is 10. The maximum absolute atomic E-state index is 14.0. The van der Waals surface area contributed by atoms with E-state index in [1.54, 1.807) is 6.07 Å². The van der Waals surface area contributed by atoms with E-state index in [1.165, 1.54) is 24.3 Å². The fourth-order valence-corrected chi connectivity index (χ4v) is 9.64. The highest BCUT2D eigenvalue weighted by Gasteiger charge is 2.25. The SMILES string of the molecule is CCc1c(C)c2cc3[nH]c(cc4nc(cc5nc(cc1[nH]2)C(C)=C5CCC(=O)Nc1cc(C(=O)NCC(=O)O)cc(C(=O)NCC(=O)O)c1)C(CCC(=O)Nc1cc(C(=O)NCC(=O)O)cc(C(=O)NCC(=O)O)c1)=C4C)c(C)c3CC. The smallest absolute Gasteiger partial charge is 0.322 e. The van der Waals surface area contributed by atoms with Crippen molar-refractivity contribution >= 4 is 115 Å². The van der Waals surface area contributed by atoms with E-state index in [0.29, 0.717) is 40.3 Å². The predicted octanol–water partition coefficient (Wildman–Crippen LogP) is 6.01. The summed E-state index contributed by atoms with van der Waals surface area (Å²) < 4.78 is 0. The van der Waals surface area contributed by atoms with Crippen LogP contribution in [-0.2, 0) is 41.6 Å². The normalized spacial score (nSPS) is 11.9. The summed E-state index contributed by atoms with van der Waals surface area (Å²) in [4.78, 5) is 142. The Morgan fingerprint density at radius 2 is 0.732 bits per heavy atom. The summed E-state index contributed by atoms with van der Waals surface area (Å²) in [6, 6.07) is 15.0. The van der Waals surface area contributed by atoms with Crippen molar-refractivity contribution in [1.29, 1.82) is 0 Å². The standard InChI is InChI=1S/C58H60N10O14/c1-7-37-27(3)41-19-42-29(5)39(9-11-49(69)63-35-15-31(55(79)59-23-51(71)72)13-32(16-35)56(80)60-24-52(73)74)47(67-42)22-48-40(30(6)44(68-48)21-46-38(8-2)28(4)43(66-46)20-45(37)65-41)10-12-50(70)64-36-17-33(57(81)61-25-53(75)76)14-34(18-36)58(82)62-26-54(77)78/h13-22,65-66H,7-12,23-26H2,1-6H3,(H,59,79)(H,60,80)(H,61,81)(H,62,82)(H,63,69)(H,64,70)(H,71,72)(H,73,74)(H,75,76)(H,77,78). The van der Waals surface area contributed by atoms with Crippen LogP contribution in [0, 0.1) is 13.8 Å². The van der Waals surface area contributed by atoms with E-state index in [0.717, 1.165) is 74.0 Å². The van der Waals surface area contributed by atoms with Gasteiger partial charge in [-0.15, -0.1) is 0 Å². The number of nitrogens with one attached hydrogen (secondary N) is 8. The summed E-state index contributed by atoms with van der Waals surface area (Å²) >= 11 is 0. The highest BCUT2D eigenvalue weighted by molar-refractivity contribution is 6.06. The predicted molar refractivity (Wildman–Crippen MR) is 303 cm³/mol. The van der Waals surface area contributed by atoms with Gasteiger partial charge in [0.25, 0.3) is 23.6 Å². The van der Waals surface area contributed by atoms with Crippen molar-refractivity contribution in [2.45, 2.75) is 80.1 Å². The molecule has 8 bridgehead atoms. The molecule has 2 aliphatic rings. The number of aromatic amines is 2. The molecule has 0 spiro atoms. The molecule has 24 heteroatoms. The molecule has 2 aliphatic heterocycles. The molecule has 5 aromatic rings. The molecule has 5 heterocycles. The average molecular weight is 1120 g/mol. The molecule has 2 aromatic carbocycles. The van der Waals surface area contributed by atoms with Gasteiger partial charge in [-0.05, 0) is 159 Å². The Bertz CT molecular complexity index is 3680. The minimum Gasteiger partial charge on any atom is -0.480 e. The Balaban J connectivity index is 1.29. The number of carboxylic acid groups (broad SMARTS) is 4. The summed E-state index contributed by atoms with van der Waals surface area (Å²) in [7, 11) is 0. The molecule has 6 amide bonds.